The minimum Gasteiger partial charge on any atom is -0.363 e. The van der Waals surface area contributed by atoms with Gasteiger partial charge >= 0.3 is 6.03 Å². The highest BCUT2D eigenvalue weighted by Gasteiger charge is 2.42. The molecule has 1 fully saturated rings. The maximum Gasteiger partial charge on any atom is 0.315 e. The number of urea groups is 1. The van der Waals surface area contributed by atoms with Crippen LogP contribution in [0.5, 0.6) is 0 Å². The first-order valence-corrected chi connectivity index (χ1v) is 15.3. The van der Waals surface area contributed by atoms with Gasteiger partial charge in [-0.3, -0.25) is 23.5 Å². The predicted octanol–water partition coefficient (Wildman–Crippen LogP) is 1.90. The molecular formula is C27H45N7O6S2. The number of nitrogens with two attached hydrogens (primary N) is 1. The Labute approximate surface area is 256 Å². The first-order chi connectivity index (χ1) is 19.4. The topological polar surface area (TPSA) is 166 Å². The number of nitrogens with zero attached hydrogens (tertiary/aromatic N) is 3. The van der Waals surface area contributed by atoms with Crippen molar-refractivity contribution >= 4 is 58.1 Å². The molecular weight excluding hydrogens is 582 g/mol. The van der Waals surface area contributed by atoms with Gasteiger partial charge in [-0.2, -0.15) is 5.06 Å². The number of hydrogen-bond acceptors (Lipinski definition) is 10. The highest BCUT2D eigenvalue weighted by atomic mass is 32.2. The van der Waals surface area contributed by atoms with Gasteiger partial charge in [0, 0.05) is 27.2 Å². The molecule has 1 saturated heterocycles. The van der Waals surface area contributed by atoms with Crippen LogP contribution >= 0.6 is 23.6 Å². The van der Waals surface area contributed by atoms with Gasteiger partial charge in [0.2, 0.25) is 17.6 Å². The van der Waals surface area contributed by atoms with E-state index in [2.05, 4.69) is 16.0 Å². The predicted molar refractivity (Wildman–Crippen MR) is 164 cm³/mol. The summed E-state index contributed by atoms with van der Waals surface area (Å²) in [6, 6.07) is 1.31. The molecule has 42 heavy (non-hydrogen) atoms. The van der Waals surface area contributed by atoms with E-state index in [4.69, 9.17) is 10.0 Å². The Morgan fingerprint density at radius 1 is 1.12 bits per heavy atom. The lowest BCUT2D eigenvalue weighted by Crippen LogP contribution is -2.61. The Hall–Kier alpha value is -2.88. The fourth-order valence-corrected chi connectivity index (χ4v) is 5.47. The fourth-order valence-electron chi connectivity index (χ4n) is 4.24. The number of anilines is 1. The molecule has 13 nitrogen and oxygen atoms in total. The van der Waals surface area contributed by atoms with Crippen molar-refractivity contribution in [2.45, 2.75) is 72.5 Å². The first kappa shape index (κ1) is 35.3. The summed E-state index contributed by atoms with van der Waals surface area (Å²) >= 11 is 2.76. The molecule has 0 aliphatic carbocycles. The van der Waals surface area contributed by atoms with Crippen LogP contribution in [0.1, 0.15) is 54.4 Å². The van der Waals surface area contributed by atoms with Crippen molar-refractivity contribution < 1.29 is 28.3 Å². The van der Waals surface area contributed by atoms with Gasteiger partial charge in [-0.25, -0.2) is 9.08 Å². The van der Waals surface area contributed by atoms with Gasteiger partial charge < -0.3 is 26.6 Å². The summed E-state index contributed by atoms with van der Waals surface area (Å²) in [5, 5.41) is 12.9. The smallest absolute Gasteiger partial charge is 0.315 e. The molecule has 3 unspecified atom stereocenters. The minimum absolute atomic E-state index is 0.320. The number of carbonyl (C=O) groups excluding carboxylic acids is 5. The number of carbonyl (C=O) groups is 5. The molecule has 15 heteroatoms. The second-order valence-corrected chi connectivity index (χ2v) is 14.2. The van der Waals surface area contributed by atoms with E-state index in [9.17, 15) is 24.0 Å². The molecule has 1 aromatic rings. The number of ketones is 1. The zero-order valence-corrected chi connectivity index (χ0v) is 27.3. The first-order valence-electron chi connectivity index (χ1n) is 13.7. The Morgan fingerprint density at radius 2 is 1.79 bits per heavy atom. The third kappa shape index (κ3) is 10.4. The number of likely N-dealkylation sites (tertiary alicyclic amines) is 1. The van der Waals surface area contributed by atoms with Gasteiger partial charge in [0.15, 0.2) is 0 Å². The minimum atomic E-state index is -1.14. The third-order valence-corrected chi connectivity index (χ3v) is 8.61. The molecule has 3 atom stereocenters. The van der Waals surface area contributed by atoms with Gasteiger partial charge in [0.1, 0.15) is 29.3 Å². The Balaban J connectivity index is 2.06. The molecule has 0 radical (unpaired) electrons. The number of rotatable bonds is 13. The summed E-state index contributed by atoms with van der Waals surface area (Å²) in [6.07, 6.45) is 0.971. The lowest BCUT2D eigenvalue weighted by atomic mass is 9.85. The average Bonchev–Trinajstić information content (AvgIpc) is 3.59. The van der Waals surface area contributed by atoms with Gasteiger partial charge in [-0.1, -0.05) is 41.5 Å². The molecule has 1 aliphatic heterocycles. The van der Waals surface area contributed by atoms with Crippen molar-refractivity contribution in [1.82, 2.24) is 25.9 Å². The summed E-state index contributed by atoms with van der Waals surface area (Å²) in [4.78, 5) is 63.8. The average molecular weight is 628 g/mol. The summed E-state index contributed by atoms with van der Waals surface area (Å²) < 4.78 is 7.72. The van der Waals surface area contributed by atoms with E-state index in [-0.39, 0.29) is 11.5 Å². The third-order valence-electron chi connectivity index (χ3n) is 6.80. The molecule has 0 spiro atoms. The molecule has 1 aliphatic rings. The van der Waals surface area contributed by atoms with Gasteiger partial charge in [-0.05, 0) is 41.2 Å². The molecule has 5 N–H and O–H groups in total. The number of nitrogens with one attached hydrogen (secondary N) is 3. The number of thiophene rings is 1. The highest BCUT2D eigenvalue weighted by Crippen LogP contribution is 2.28. The van der Waals surface area contributed by atoms with Crippen molar-refractivity contribution in [3.8, 4) is 0 Å². The summed E-state index contributed by atoms with van der Waals surface area (Å²) in [5.74, 6) is -3.03. The Bertz CT molecular complexity index is 1100. The van der Waals surface area contributed by atoms with Crippen LogP contribution in [-0.2, 0) is 23.5 Å². The van der Waals surface area contributed by atoms with E-state index in [1.165, 1.54) is 17.1 Å². The second kappa shape index (κ2) is 15.0. The van der Waals surface area contributed by atoms with E-state index in [1.807, 2.05) is 70.4 Å². The van der Waals surface area contributed by atoms with E-state index in [0.717, 1.165) is 5.00 Å². The monoisotopic (exact) mass is 627 g/mol. The van der Waals surface area contributed by atoms with Crippen molar-refractivity contribution in [3.05, 3.63) is 17.5 Å². The van der Waals surface area contributed by atoms with E-state index in [1.54, 1.807) is 23.4 Å². The van der Waals surface area contributed by atoms with Gasteiger partial charge in [-0.15, -0.1) is 11.3 Å². The lowest BCUT2D eigenvalue weighted by molar-refractivity contribution is -0.142. The van der Waals surface area contributed by atoms with Crippen LogP contribution < -0.4 is 26.0 Å². The number of hydrogen-bond donors (Lipinski definition) is 4. The second-order valence-electron chi connectivity index (χ2n) is 12.4. The van der Waals surface area contributed by atoms with Crippen molar-refractivity contribution in [2.75, 3.05) is 38.0 Å². The van der Waals surface area contributed by atoms with Gasteiger partial charge in [0.25, 0.3) is 5.91 Å². The standard InChI is InChI=1S/C27H45N7O6S2/c1-26(2,3)19(16-32(7)40-42-33(8)20-12-10-14-41-20)30-25(39)31-21(27(4,5)6)24(38)34-13-9-11-17(34)23(37)29-15-18(35)22(28)36/h10,12,14,17,19,21H,9,11,13,15-16H2,1-8H3,(H2,28,36)(H,29,37)(H2,30,31,39). The van der Waals surface area contributed by atoms with E-state index >= 15 is 0 Å². The quantitative estimate of drug-likeness (QED) is 0.111. The molecule has 2 heterocycles. The maximum atomic E-state index is 13.7. The fraction of sp³-hybridized carbons (Fsp3) is 0.667. The summed E-state index contributed by atoms with van der Waals surface area (Å²) in [7, 11) is 3.68. The van der Waals surface area contributed by atoms with E-state index in [0.29, 0.717) is 25.9 Å². The van der Waals surface area contributed by atoms with Crippen LogP contribution in [0.4, 0.5) is 9.80 Å². The zero-order chi connectivity index (χ0) is 31.8. The summed E-state index contributed by atoms with van der Waals surface area (Å²) in [6.45, 7) is 11.6. The molecule has 1 aromatic heterocycles. The molecule has 0 aromatic carbocycles. The van der Waals surface area contributed by atoms with Crippen LogP contribution in [0, 0.1) is 10.8 Å². The maximum absolute atomic E-state index is 13.7. The Morgan fingerprint density at radius 3 is 2.33 bits per heavy atom. The van der Waals surface area contributed by atoms with E-state index < -0.39 is 53.6 Å². The van der Waals surface area contributed by atoms with Crippen LogP contribution in [0.15, 0.2) is 17.5 Å². The van der Waals surface area contributed by atoms with Crippen LogP contribution in [0.2, 0.25) is 0 Å². The van der Waals surface area contributed by atoms with Crippen LogP contribution in [0.25, 0.3) is 0 Å². The number of primary amides is 1. The zero-order valence-electron chi connectivity index (χ0n) is 25.7. The normalized spacial score (nSPS) is 17.0. The summed E-state index contributed by atoms with van der Waals surface area (Å²) in [5.41, 5.74) is 3.93. The van der Waals surface area contributed by atoms with Crippen LogP contribution in [0.3, 0.4) is 0 Å². The van der Waals surface area contributed by atoms with Crippen LogP contribution in [-0.4, -0.2) is 91.4 Å². The highest BCUT2D eigenvalue weighted by molar-refractivity contribution is 7.96. The Kier molecular flexibility index (Phi) is 12.6. The number of likely N-dealkylation sites (N-methyl/N-ethyl adjacent to an activating group) is 1. The SMILES string of the molecule is CN(CC(NC(=O)NC(C(=O)N1CCCC1C(=O)NCC(=O)C(N)=O)C(C)(C)C)C(C)(C)C)OSN(C)c1cccs1. The number of hydroxylamine groups is 2. The molecule has 2 rings (SSSR count). The number of amides is 5. The van der Waals surface area contributed by atoms with Gasteiger partial charge in [0.05, 0.1) is 12.6 Å². The van der Waals surface area contributed by atoms with Crippen molar-refractivity contribution in [1.29, 1.82) is 0 Å². The molecule has 5 amide bonds. The molecule has 236 valence electrons. The number of Topliss-reactive ketones (excluding diaryl/α,β-unsaturated/α-hetero) is 1. The molecule has 0 saturated carbocycles. The largest absolute Gasteiger partial charge is 0.363 e. The lowest BCUT2D eigenvalue weighted by Gasteiger charge is -2.37. The molecule has 0 bridgehead atoms. The van der Waals surface area contributed by atoms with Crippen molar-refractivity contribution in [2.24, 2.45) is 16.6 Å². The van der Waals surface area contributed by atoms with Crippen molar-refractivity contribution in [3.63, 3.8) is 0 Å².